The zero-order chi connectivity index (χ0) is 14.3. The van der Waals surface area contributed by atoms with Crippen LogP contribution in [0.2, 0.25) is 0 Å². The molecule has 0 unspecified atom stereocenters. The van der Waals surface area contributed by atoms with Crippen molar-refractivity contribution in [3.05, 3.63) is 23.7 Å². The highest BCUT2D eigenvalue weighted by molar-refractivity contribution is 7.16. The van der Waals surface area contributed by atoms with Gasteiger partial charge in [-0.05, 0) is 45.3 Å². The molecule has 4 nitrogen and oxygen atoms in total. The lowest BCUT2D eigenvalue weighted by atomic mass is 9.76. The van der Waals surface area contributed by atoms with Crippen molar-refractivity contribution in [1.82, 2.24) is 4.98 Å². The minimum Gasteiger partial charge on any atom is -0.423 e. The standard InChI is InChI=1S/C13H18BNO3S/c1-12(2,16)13(3,4)18-14(17)9-5-6-11-10(7-9)15-8-19-11/h5-8,16-17H,1-4H3. The predicted octanol–water partition coefficient (Wildman–Crippen LogP) is 1.55. The van der Waals surface area contributed by atoms with Gasteiger partial charge in [-0.2, -0.15) is 0 Å². The molecule has 0 atom stereocenters. The van der Waals surface area contributed by atoms with Gasteiger partial charge in [0, 0.05) is 0 Å². The molecule has 0 fully saturated rings. The first-order valence-electron chi connectivity index (χ1n) is 6.12. The van der Waals surface area contributed by atoms with E-state index in [9.17, 15) is 10.1 Å². The van der Waals surface area contributed by atoms with Gasteiger partial charge in [-0.1, -0.05) is 6.07 Å². The lowest BCUT2D eigenvalue weighted by Gasteiger charge is -2.38. The molecule has 0 bridgehead atoms. The highest BCUT2D eigenvalue weighted by atomic mass is 32.1. The fraction of sp³-hybridized carbons (Fsp3) is 0.462. The summed E-state index contributed by atoms with van der Waals surface area (Å²) < 4.78 is 6.66. The van der Waals surface area contributed by atoms with E-state index in [-0.39, 0.29) is 0 Å². The number of aromatic nitrogens is 1. The molecular weight excluding hydrogens is 261 g/mol. The van der Waals surface area contributed by atoms with E-state index < -0.39 is 18.3 Å². The van der Waals surface area contributed by atoms with E-state index in [1.807, 2.05) is 12.1 Å². The van der Waals surface area contributed by atoms with E-state index in [2.05, 4.69) is 4.98 Å². The van der Waals surface area contributed by atoms with Crippen molar-refractivity contribution < 1.29 is 14.8 Å². The summed E-state index contributed by atoms with van der Waals surface area (Å²) in [6.45, 7) is 6.81. The molecule has 102 valence electrons. The molecule has 2 aromatic rings. The van der Waals surface area contributed by atoms with Gasteiger partial charge in [0.1, 0.15) is 0 Å². The average molecular weight is 279 g/mol. The second kappa shape index (κ2) is 4.87. The average Bonchev–Trinajstić information content (AvgIpc) is 2.73. The Kier molecular flexibility index (Phi) is 3.70. The van der Waals surface area contributed by atoms with E-state index in [0.717, 1.165) is 10.2 Å². The molecule has 0 amide bonds. The maximum absolute atomic E-state index is 10.2. The maximum atomic E-state index is 10.2. The zero-order valence-electron chi connectivity index (χ0n) is 11.5. The summed E-state index contributed by atoms with van der Waals surface area (Å²) in [5, 5.41) is 20.2. The molecule has 0 saturated heterocycles. The van der Waals surface area contributed by atoms with E-state index >= 15 is 0 Å². The summed E-state index contributed by atoms with van der Waals surface area (Å²) in [6, 6.07) is 5.52. The highest BCUT2D eigenvalue weighted by Crippen LogP contribution is 2.25. The molecule has 0 aliphatic heterocycles. The first-order valence-corrected chi connectivity index (χ1v) is 7.00. The molecule has 1 aromatic carbocycles. The molecule has 19 heavy (non-hydrogen) atoms. The Morgan fingerprint density at radius 1 is 1.26 bits per heavy atom. The Hall–Kier alpha value is -0.945. The van der Waals surface area contributed by atoms with Gasteiger partial charge in [0.2, 0.25) is 0 Å². The van der Waals surface area contributed by atoms with Crippen molar-refractivity contribution in [2.24, 2.45) is 0 Å². The fourth-order valence-electron chi connectivity index (χ4n) is 1.52. The third-order valence-electron chi connectivity index (χ3n) is 3.52. The maximum Gasteiger partial charge on any atom is 0.491 e. The second-order valence-electron chi connectivity index (χ2n) is 5.62. The SMILES string of the molecule is CC(C)(O)C(C)(C)OB(O)c1ccc2scnc2c1. The van der Waals surface area contributed by atoms with Crippen LogP contribution in [0.15, 0.2) is 23.7 Å². The number of benzene rings is 1. The smallest absolute Gasteiger partial charge is 0.423 e. The first kappa shape index (κ1) is 14.5. The Labute approximate surface area is 117 Å². The number of aliphatic hydroxyl groups is 1. The summed E-state index contributed by atoms with van der Waals surface area (Å²) >= 11 is 1.55. The number of nitrogens with zero attached hydrogens (tertiary/aromatic N) is 1. The van der Waals surface area contributed by atoms with E-state index in [4.69, 9.17) is 4.65 Å². The van der Waals surface area contributed by atoms with Gasteiger partial charge in [0.15, 0.2) is 0 Å². The Morgan fingerprint density at radius 3 is 2.58 bits per heavy atom. The topological polar surface area (TPSA) is 62.6 Å². The predicted molar refractivity (Wildman–Crippen MR) is 78.7 cm³/mol. The van der Waals surface area contributed by atoms with Crippen LogP contribution in [0, 0.1) is 0 Å². The van der Waals surface area contributed by atoms with Crippen LogP contribution >= 0.6 is 11.3 Å². The third kappa shape index (κ3) is 2.97. The van der Waals surface area contributed by atoms with Gasteiger partial charge in [-0.3, -0.25) is 0 Å². The van der Waals surface area contributed by atoms with Gasteiger partial charge in [0.05, 0.1) is 26.9 Å². The number of hydrogen-bond acceptors (Lipinski definition) is 5. The van der Waals surface area contributed by atoms with Crippen molar-refractivity contribution >= 4 is 34.1 Å². The second-order valence-corrected chi connectivity index (χ2v) is 6.51. The van der Waals surface area contributed by atoms with Gasteiger partial charge in [0.25, 0.3) is 0 Å². The molecule has 0 aliphatic rings. The van der Waals surface area contributed by atoms with Crippen molar-refractivity contribution in [1.29, 1.82) is 0 Å². The normalized spacial score (nSPS) is 12.9. The Bertz CT molecular complexity index is 577. The monoisotopic (exact) mass is 279 g/mol. The lowest BCUT2D eigenvalue weighted by molar-refractivity contribution is -0.0982. The lowest BCUT2D eigenvalue weighted by Crippen LogP contribution is -2.53. The van der Waals surface area contributed by atoms with Crippen LogP contribution < -0.4 is 5.46 Å². The van der Waals surface area contributed by atoms with Crippen molar-refractivity contribution in [2.75, 3.05) is 0 Å². The minimum atomic E-state index is -1.09. The fourth-order valence-corrected chi connectivity index (χ4v) is 2.18. The number of hydrogen-bond donors (Lipinski definition) is 2. The van der Waals surface area contributed by atoms with Crippen LogP contribution in [0.25, 0.3) is 10.2 Å². The zero-order valence-corrected chi connectivity index (χ0v) is 12.4. The molecule has 2 N–H and O–H groups in total. The minimum absolute atomic E-state index is 0.635. The van der Waals surface area contributed by atoms with E-state index in [1.165, 1.54) is 0 Å². The van der Waals surface area contributed by atoms with Gasteiger partial charge < -0.3 is 14.8 Å². The van der Waals surface area contributed by atoms with Crippen LogP contribution in [-0.4, -0.2) is 33.4 Å². The van der Waals surface area contributed by atoms with Crippen molar-refractivity contribution in [3.63, 3.8) is 0 Å². The summed E-state index contributed by atoms with van der Waals surface area (Å²) in [6.07, 6.45) is 0. The molecule has 1 aromatic heterocycles. The van der Waals surface area contributed by atoms with Gasteiger partial charge >= 0.3 is 7.12 Å². The van der Waals surface area contributed by atoms with Gasteiger partial charge in [-0.15, -0.1) is 11.3 Å². The van der Waals surface area contributed by atoms with Gasteiger partial charge in [-0.25, -0.2) is 4.98 Å². The van der Waals surface area contributed by atoms with E-state index in [0.29, 0.717) is 5.46 Å². The molecule has 0 saturated carbocycles. The highest BCUT2D eigenvalue weighted by Gasteiger charge is 2.39. The van der Waals surface area contributed by atoms with Crippen molar-refractivity contribution in [3.8, 4) is 0 Å². The third-order valence-corrected chi connectivity index (χ3v) is 4.33. The van der Waals surface area contributed by atoms with Crippen molar-refractivity contribution in [2.45, 2.75) is 38.9 Å². The molecule has 6 heteroatoms. The molecule has 0 radical (unpaired) electrons. The quantitative estimate of drug-likeness (QED) is 0.834. The van der Waals surface area contributed by atoms with E-state index in [1.54, 1.807) is 50.6 Å². The van der Waals surface area contributed by atoms with Crippen LogP contribution in [-0.2, 0) is 4.65 Å². The van der Waals surface area contributed by atoms with Crippen LogP contribution in [0.5, 0.6) is 0 Å². The molecule has 2 rings (SSSR count). The first-order chi connectivity index (χ1) is 8.71. The summed E-state index contributed by atoms with van der Waals surface area (Å²) in [5.74, 6) is 0. The number of fused-ring (bicyclic) bond motifs is 1. The number of thiazole rings is 1. The van der Waals surface area contributed by atoms with Crippen LogP contribution in [0.4, 0.5) is 0 Å². The number of rotatable bonds is 4. The summed E-state index contributed by atoms with van der Waals surface area (Å²) in [5.41, 5.74) is 1.31. The van der Waals surface area contributed by atoms with Crippen LogP contribution in [0.3, 0.4) is 0 Å². The summed E-state index contributed by atoms with van der Waals surface area (Å²) in [4.78, 5) is 4.21. The Morgan fingerprint density at radius 2 is 1.95 bits per heavy atom. The van der Waals surface area contributed by atoms with Crippen LogP contribution in [0.1, 0.15) is 27.7 Å². The molecule has 1 heterocycles. The Balaban J connectivity index is 2.22. The molecule has 0 aliphatic carbocycles. The molecule has 0 spiro atoms. The molecular formula is C13H18BNO3S. The summed E-state index contributed by atoms with van der Waals surface area (Å²) in [7, 11) is -1.09. The largest absolute Gasteiger partial charge is 0.491 e.